The maximum absolute atomic E-state index is 16.3. The number of hydrogen-bond acceptors (Lipinski definition) is 5. The van der Waals surface area contributed by atoms with Crippen LogP contribution >= 0.6 is 0 Å². The molecule has 10 heteroatoms. The van der Waals surface area contributed by atoms with E-state index in [1.807, 2.05) is 0 Å². The Morgan fingerprint density at radius 2 is 1.63 bits per heavy atom. The largest absolute Gasteiger partial charge is 0.455 e. The maximum atomic E-state index is 16.3. The van der Waals surface area contributed by atoms with E-state index >= 15 is 8.78 Å². The van der Waals surface area contributed by atoms with Crippen molar-refractivity contribution in [1.29, 1.82) is 0 Å². The van der Waals surface area contributed by atoms with Crippen molar-refractivity contribution in [3.05, 3.63) is 107 Å². The van der Waals surface area contributed by atoms with Gasteiger partial charge >= 0.3 is 0 Å². The van der Waals surface area contributed by atoms with Gasteiger partial charge in [0.1, 0.15) is 34.3 Å². The minimum absolute atomic E-state index is 0.00415. The van der Waals surface area contributed by atoms with Crippen LogP contribution in [0.25, 0.3) is 33.4 Å². The molecule has 206 valence electrons. The number of amides is 2. The number of fused-ring (bicyclic) bond motifs is 1. The fraction of sp³-hybridized carbons (Fsp3) is 0.161. The molecule has 1 aliphatic rings. The first-order valence-corrected chi connectivity index (χ1v) is 12.9. The van der Waals surface area contributed by atoms with E-state index in [0.29, 0.717) is 24.2 Å². The molecule has 1 saturated carbocycles. The first-order valence-electron chi connectivity index (χ1n) is 12.9. The first kappa shape index (κ1) is 26.2. The molecule has 41 heavy (non-hydrogen) atoms. The molecule has 1 aliphatic carbocycles. The zero-order chi connectivity index (χ0) is 28.9. The normalized spacial score (nSPS) is 13.7. The Morgan fingerprint density at radius 3 is 2.29 bits per heavy atom. The van der Waals surface area contributed by atoms with Crippen molar-refractivity contribution in [3.63, 3.8) is 0 Å². The first-order chi connectivity index (χ1) is 19.7. The Hall–Kier alpha value is -4.99. The van der Waals surface area contributed by atoms with Gasteiger partial charge in [0.2, 0.25) is 0 Å². The topological polar surface area (TPSA) is 97.1 Å². The summed E-state index contributed by atoms with van der Waals surface area (Å²) in [6, 6.07) is 12.3. The van der Waals surface area contributed by atoms with Crippen LogP contribution in [0.1, 0.15) is 44.9 Å². The van der Waals surface area contributed by atoms with Crippen molar-refractivity contribution in [1.82, 2.24) is 20.6 Å². The van der Waals surface area contributed by atoms with Crippen LogP contribution in [0.2, 0.25) is 0 Å². The smallest absolute Gasteiger partial charge is 0.255 e. The number of carbonyl (C=O) groups is 2. The molecule has 0 bridgehead atoms. The quantitative estimate of drug-likeness (QED) is 0.265. The summed E-state index contributed by atoms with van der Waals surface area (Å²) in [5, 5.41) is 5.28. The van der Waals surface area contributed by atoms with Gasteiger partial charge in [-0.05, 0) is 85.5 Å². The lowest BCUT2D eigenvalue weighted by Crippen LogP contribution is -2.36. The van der Waals surface area contributed by atoms with Gasteiger partial charge < -0.3 is 15.1 Å². The zero-order valence-electron chi connectivity index (χ0n) is 22.0. The Bertz CT molecular complexity index is 1830. The number of nitrogens with zero attached hydrogens (tertiary/aromatic N) is 2. The molecule has 0 radical (unpaired) electrons. The third kappa shape index (κ3) is 4.51. The molecule has 0 unspecified atom stereocenters. The maximum Gasteiger partial charge on any atom is 0.255 e. The predicted molar refractivity (Wildman–Crippen MR) is 145 cm³/mol. The average molecular weight is 557 g/mol. The van der Waals surface area contributed by atoms with Crippen molar-refractivity contribution >= 4 is 22.8 Å². The van der Waals surface area contributed by atoms with E-state index in [1.165, 1.54) is 56.4 Å². The van der Waals surface area contributed by atoms with Crippen LogP contribution in [0, 0.1) is 24.4 Å². The minimum atomic E-state index is -0.824. The van der Waals surface area contributed by atoms with E-state index in [1.54, 1.807) is 18.5 Å². The standard InChI is InChI=1S/C31H23F3N4O3/c1-16-21(14-18(15-22(16)33)28(39)38-31(10-11-31)30-36-12-3-13-37-30)20-8-9-23-24(26(20)34)25(29(40)35-2)27(41-23)17-4-6-19(32)7-5-17/h3-9,12-15H,10-11H2,1-2H3,(H,35,40)(H,38,39). The van der Waals surface area contributed by atoms with Gasteiger partial charge in [-0.2, -0.15) is 0 Å². The van der Waals surface area contributed by atoms with Gasteiger partial charge in [0.25, 0.3) is 11.8 Å². The van der Waals surface area contributed by atoms with Crippen LogP contribution < -0.4 is 10.6 Å². The van der Waals surface area contributed by atoms with Crippen molar-refractivity contribution < 1.29 is 27.2 Å². The molecule has 7 nitrogen and oxygen atoms in total. The summed E-state index contributed by atoms with van der Waals surface area (Å²) in [5.74, 6) is -2.64. The van der Waals surface area contributed by atoms with Crippen LogP contribution in [-0.4, -0.2) is 28.8 Å². The monoisotopic (exact) mass is 556 g/mol. The number of benzene rings is 3. The summed E-state index contributed by atoms with van der Waals surface area (Å²) < 4.78 is 50.9. The highest BCUT2D eigenvalue weighted by Gasteiger charge is 2.48. The molecule has 0 saturated heterocycles. The van der Waals surface area contributed by atoms with Crippen molar-refractivity contribution in [2.75, 3.05) is 7.05 Å². The molecule has 2 N–H and O–H groups in total. The lowest BCUT2D eigenvalue weighted by molar-refractivity contribution is 0.0926. The molecular weight excluding hydrogens is 533 g/mol. The molecular formula is C31H23F3N4O3. The molecule has 2 heterocycles. The fourth-order valence-corrected chi connectivity index (χ4v) is 4.96. The van der Waals surface area contributed by atoms with E-state index in [4.69, 9.17) is 4.42 Å². The SMILES string of the molecule is CNC(=O)c1c(-c2ccc(F)cc2)oc2ccc(-c3cc(C(=O)NC4(c5ncccn5)CC4)cc(F)c3C)c(F)c12. The molecule has 0 atom stereocenters. The lowest BCUT2D eigenvalue weighted by atomic mass is 9.94. The van der Waals surface area contributed by atoms with E-state index in [2.05, 4.69) is 20.6 Å². The van der Waals surface area contributed by atoms with Crippen molar-refractivity contribution in [3.8, 4) is 22.5 Å². The number of hydrogen-bond donors (Lipinski definition) is 2. The highest BCUT2D eigenvalue weighted by atomic mass is 19.1. The number of rotatable bonds is 6. The molecule has 0 spiro atoms. The number of aromatic nitrogens is 2. The van der Waals surface area contributed by atoms with Gasteiger partial charge in [-0.25, -0.2) is 23.1 Å². The molecule has 3 aromatic carbocycles. The van der Waals surface area contributed by atoms with Gasteiger partial charge in [0.05, 0.1) is 10.9 Å². The summed E-state index contributed by atoms with van der Waals surface area (Å²) in [6.07, 6.45) is 4.44. The second-order valence-corrected chi connectivity index (χ2v) is 9.93. The molecule has 5 aromatic rings. The Morgan fingerprint density at radius 1 is 0.927 bits per heavy atom. The molecule has 2 amide bonds. The van der Waals surface area contributed by atoms with E-state index in [9.17, 15) is 14.0 Å². The van der Waals surface area contributed by atoms with Crippen molar-refractivity contribution in [2.45, 2.75) is 25.3 Å². The van der Waals surface area contributed by atoms with Crippen LogP contribution in [0.15, 0.2) is 71.4 Å². The Balaban J connectivity index is 1.45. The van der Waals surface area contributed by atoms with Crippen molar-refractivity contribution in [2.24, 2.45) is 0 Å². The number of nitrogens with one attached hydrogen (secondary N) is 2. The van der Waals surface area contributed by atoms with E-state index < -0.39 is 34.8 Å². The highest BCUT2D eigenvalue weighted by Crippen LogP contribution is 2.44. The van der Waals surface area contributed by atoms with Gasteiger partial charge in [-0.15, -0.1) is 0 Å². The highest BCUT2D eigenvalue weighted by molar-refractivity contribution is 6.12. The summed E-state index contributed by atoms with van der Waals surface area (Å²) in [6.45, 7) is 1.48. The zero-order valence-corrected chi connectivity index (χ0v) is 22.0. The third-order valence-corrected chi connectivity index (χ3v) is 7.35. The van der Waals surface area contributed by atoms with Gasteiger partial charge in [0.15, 0.2) is 5.82 Å². The van der Waals surface area contributed by atoms with Crippen LogP contribution in [0.4, 0.5) is 13.2 Å². The number of carbonyl (C=O) groups excluding carboxylic acids is 2. The van der Waals surface area contributed by atoms with E-state index in [-0.39, 0.29) is 44.5 Å². The summed E-state index contributed by atoms with van der Waals surface area (Å²) in [4.78, 5) is 34.7. The van der Waals surface area contributed by atoms with Crippen LogP contribution in [0.3, 0.4) is 0 Å². The molecule has 1 fully saturated rings. The van der Waals surface area contributed by atoms with Crippen LogP contribution in [-0.2, 0) is 5.54 Å². The van der Waals surface area contributed by atoms with E-state index in [0.717, 1.165) is 6.07 Å². The Kier molecular flexibility index (Phi) is 6.33. The summed E-state index contributed by atoms with van der Waals surface area (Å²) >= 11 is 0. The third-order valence-electron chi connectivity index (χ3n) is 7.35. The summed E-state index contributed by atoms with van der Waals surface area (Å²) in [5.41, 5.74) is -0.129. The van der Waals surface area contributed by atoms with Gasteiger partial charge in [-0.1, -0.05) is 0 Å². The predicted octanol–water partition coefficient (Wildman–Crippen LogP) is 6.06. The Labute approximate surface area is 232 Å². The second-order valence-electron chi connectivity index (χ2n) is 9.93. The molecule has 6 rings (SSSR count). The molecule has 0 aliphatic heterocycles. The van der Waals surface area contributed by atoms with Gasteiger partial charge in [-0.3, -0.25) is 9.59 Å². The minimum Gasteiger partial charge on any atom is -0.455 e. The number of furan rings is 1. The fourth-order valence-electron chi connectivity index (χ4n) is 4.96. The number of halogens is 3. The van der Waals surface area contributed by atoms with Crippen LogP contribution in [0.5, 0.6) is 0 Å². The lowest BCUT2D eigenvalue weighted by Gasteiger charge is -2.17. The second kappa shape index (κ2) is 9.88. The summed E-state index contributed by atoms with van der Waals surface area (Å²) in [7, 11) is 1.39. The molecule has 2 aromatic heterocycles. The van der Waals surface area contributed by atoms with Gasteiger partial charge in [0, 0.05) is 36.1 Å². The average Bonchev–Trinajstić information content (AvgIpc) is 3.66.